The molecule has 2 aliphatic heterocycles. The number of nitrogens with zero attached hydrogens (tertiary/aromatic N) is 3. The summed E-state index contributed by atoms with van der Waals surface area (Å²) in [7, 11) is -3.08. The molecule has 0 radical (unpaired) electrons. The number of ether oxygens (including phenoxy) is 1. The van der Waals surface area contributed by atoms with Crippen LogP contribution in [0.15, 0.2) is 0 Å². The summed E-state index contributed by atoms with van der Waals surface area (Å²) in [4.78, 5) is 2.21. The minimum absolute atomic E-state index is 0.0640. The van der Waals surface area contributed by atoms with E-state index in [0.717, 1.165) is 48.9 Å². The van der Waals surface area contributed by atoms with E-state index in [1.54, 1.807) is 11.3 Å². The maximum Gasteiger partial charge on any atom is 0.214 e. The van der Waals surface area contributed by atoms with Gasteiger partial charge in [0.1, 0.15) is 10.6 Å². The zero-order valence-corrected chi connectivity index (χ0v) is 14.8. The van der Waals surface area contributed by atoms with Crippen molar-refractivity contribution in [3.63, 3.8) is 0 Å². The summed E-state index contributed by atoms with van der Waals surface area (Å²) in [5.41, 5.74) is -0.0640. The topological polar surface area (TPSA) is 84.4 Å². The van der Waals surface area contributed by atoms with E-state index in [-0.39, 0.29) is 16.8 Å². The number of aromatic nitrogens is 2. The largest absolute Gasteiger partial charge is 0.371 e. The van der Waals surface area contributed by atoms with Gasteiger partial charge in [-0.25, -0.2) is 13.1 Å². The van der Waals surface area contributed by atoms with Crippen LogP contribution in [0.4, 0.5) is 5.13 Å². The van der Waals surface area contributed by atoms with Crippen molar-refractivity contribution in [2.75, 3.05) is 31.1 Å². The summed E-state index contributed by atoms with van der Waals surface area (Å²) >= 11 is 1.61. The Morgan fingerprint density at radius 3 is 2.70 bits per heavy atom. The summed E-state index contributed by atoms with van der Waals surface area (Å²) in [5.74, 6) is 0.284. The molecule has 3 aliphatic rings. The molecule has 3 heterocycles. The Kier molecular flexibility index (Phi) is 3.86. The number of anilines is 1. The fraction of sp³-hybridized carbons (Fsp3) is 0.857. The third-order valence-corrected chi connectivity index (χ3v) is 7.73. The molecule has 23 heavy (non-hydrogen) atoms. The number of aryl methyl sites for hydroxylation is 1. The summed E-state index contributed by atoms with van der Waals surface area (Å²) in [6.45, 7) is 4.83. The molecule has 0 bridgehead atoms. The standard InChI is InChI=1S/C14H22N4O3S2/c1-10-16-17-13(22-10)18-8-14(9-18)5-4-11(7-21-14)6-15-23(19,20)12-2-3-12/h11-12,15H,2-9H2,1H3/t11-/m0/s1. The lowest BCUT2D eigenvalue weighted by atomic mass is 9.83. The van der Waals surface area contributed by atoms with E-state index in [2.05, 4.69) is 19.8 Å². The summed E-state index contributed by atoms with van der Waals surface area (Å²) in [6.07, 6.45) is 3.61. The van der Waals surface area contributed by atoms with Crippen LogP contribution < -0.4 is 9.62 Å². The van der Waals surface area contributed by atoms with Crippen LogP contribution in [0.3, 0.4) is 0 Å². The van der Waals surface area contributed by atoms with Crippen molar-refractivity contribution in [2.45, 2.75) is 43.5 Å². The average molecular weight is 358 g/mol. The molecule has 1 atom stereocenters. The van der Waals surface area contributed by atoms with E-state index in [9.17, 15) is 8.42 Å². The maximum atomic E-state index is 11.9. The minimum atomic E-state index is -3.08. The lowest BCUT2D eigenvalue weighted by Crippen LogP contribution is -2.65. The fourth-order valence-corrected chi connectivity index (χ4v) is 5.40. The predicted molar refractivity (Wildman–Crippen MR) is 88.2 cm³/mol. The Bertz CT molecular complexity index is 670. The molecule has 1 aliphatic carbocycles. The zero-order valence-electron chi connectivity index (χ0n) is 13.2. The zero-order chi connectivity index (χ0) is 16.1. The molecule has 4 rings (SSSR count). The molecule has 0 aromatic carbocycles. The van der Waals surface area contributed by atoms with Gasteiger partial charge in [-0.15, -0.1) is 10.2 Å². The van der Waals surface area contributed by atoms with Gasteiger partial charge in [-0.1, -0.05) is 11.3 Å². The van der Waals surface area contributed by atoms with Gasteiger partial charge < -0.3 is 9.64 Å². The molecule has 3 fully saturated rings. The number of rotatable bonds is 5. The van der Waals surface area contributed by atoms with Gasteiger partial charge in [-0.3, -0.25) is 0 Å². The number of nitrogens with one attached hydrogen (secondary N) is 1. The monoisotopic (exact) mass is 358 g/mol. The van der Waals surface area contributed by atoms with Gasteiger partial charge in [0.15, 0.2) is 0 Å². The summed E-state index contributed by atoms with van der Waals surface area (Å²) in [5, 5.41) is 10.0. The third-order valence-electron chi connectivity index (χ3n) is 4.91. The Balaban J connectivity index is 1.24. The highest BCUT2D eigenvalue weighted by molar-refractivity contribution is 7.90. The SMILES string of the molecule is Cc1nnc(N2CC3(CC[C@@H](CNS(=O)(=O)C4CC4)CO3)C2)s1. The van der Waals surface area contributed by atoms with Crippen molar-refractivity contribution in [2.24, 2.45) is 5.92 Å². The first-order valence-corrected chi connectivity index (χ1v) is 10.5. The highest BCUT2D eigenvalue weighted by Crippen LogP contribution is 2.39. The van der Waals surface area contributed by atoms with Gasteiger partial charge in [-0.05, 0) is 38.5 Å². The predicted octanol–water partition coefficient (Wildman–Crippen LogP) is 0.914. The van der Waals surface area contributed by atoms with Crippen LogP contribution in [0.5, 0.6) is 0 Å². The van der Waals surface area contributed by atoms with Gasteiger partial charge in [0, 0.05) is 6.54 Å². The molecule has 2 saturated heterocycles. The molecule has 1 aromatic rings. The minimum Gasteiger partial charge on any atom is -0.371 e. The Hall–Kier alpha value is -0.770. The summed E-state index contributed by atoms with van der Waals surface area (Å²) < 4.78 is 32.6. The van der Waals surface area contributed by atoms with Crippen molar-refractivity contribution in [1.29, 1.82) is 0 Å². The van der Waals surface area contributed by atoms with Crippen LogP contribution in [0, 0.1) is 12.8 Å². The van der Waals surface area contributed by atoms with Crippen molar-refractivity contribution >= 4 is 26.5 Å². The summed E-state index contributed by atoms with van der Waals surface area (Å²) in [6, 6.07) is 0. The van der Waals surface area contributed by atoms with Crippen LogP contribution in [0.2, 0.25) is 0 Å². The first kappa shape index (κ1) is 15.7. The molecule has 1 N–H and O–H groups in total. The molecule has 128 valence electrons. The fourth-order valence-electron chi connectivity index (χ4n) is 3.26. The molecule has 7 nitrogen and oxygen atoms in total. The van der Waals surface area contributed by atoms with Crippen molar-refractivity contribution in [3.8, 4) is 0 Å². The molecule has 0 unspecified atom stereocenters. The first-order chi connectivity index (χ1) is 11.0. The second-order valence-corrected chi connectivity index (χ2v) is 10.2. The number of sulfonamides is 1. The second kappa shape index (κ2) is 5.65. The molecular weight excluding hydrogens is 336 g/mol. The lowest BCUT2D eigenvalue weighted by molar-refractivity contribution is -0.114. The lowest BCUT2D eigenvalue weighted by Gasteiger charge is -2.52. The van der Waals surface area contributed by atoms with E-state index in [1.807, 2.05) is 6.92 Å². The van der Waals surface area contributed by atoms with E-state index in [0.29, 0.717) is 13.2 Å². The molecular formula is C14H22N4O3S2. The highest BCUT2D eigenvalue weighted by atomic mass is 32.2. The van der Waals surface area contributed by atoms with E-state index >= 15 is 0 Å². The van der Waals surface area contributed by atoms with Crippen molar-refractivity contribution in [1.82, 2.24) is 14.9 Å². The molecule has 1 spiro atoms. The Morgan fingerprint density at radius 2 is 2.13 bits per heavy atom. The van der Waals surface area contributed by atoms with Gasteiger partial charge in [0.05, 0.1) is 24.9 Å². The van der Waals surface area contributed by atoms with Crippen LogP contribution in [0.1, 0.15) is 30.7 Å². The number of hydrogen-bond acceptors (Lipinski definition) is 7. The van der Waals surface area contributed by atoms with Gasteiger partial charge in [0.25, 0.3) is 0 Å². The normalized spacial score (nSPS) is 27.2. The third kappa shape index (κ3) is 3.24. The highest BCUT2D eigenvalue weighted by Gasteiger charge is 2.48. The maximum absolute atomic E-state index is 11.9. The smallest absolute Gasteiger partial charge is 0.214 e. The van der Waals surface area contributed by atoms with Crippen LogP contribution >= 0.6 is 11.3 Å². The molecule has 0 amide bonds. The van der Waals surface area contributed by atoms with Crippen molar-refractivity contribution in [3.05, 3.63) is 5.01 Å². The van der Waals surface area contributed by atoms with Gasteiger partial charge in [-0.2, -0.15) is 0 Å². The molecule has 9 heteroatoms. The van der Waals surface area contributed by atoms with Crippen LogP contribution in [-0.2, 0) is 14.8 Å². The Morgan fingerprint density at radius 1 is 1.35 bits per heavy atom. The second-order valence-electron chi connectivity index (χ2n) is 6.95. The molecule has 1 saturated carbocycles. The van der Waals surface area contributed by atoms with E-state index in [1.165, 1.54) is 0 Å². The Labute approximate surface area is 140 Å². The van der Waals surface area contributed by atoms with E-state index < -0.39 is 10.0 Å². The van der Waals surface area contributed by atoms with Gasteiger partial charge in [0.2, 0.25) is 15.2 Å². The average Bonchev–Trinajstić information content (AvgIpc) is 3.27. The van der Waals surface area contributed by atoms with E-state index in [4.69, 9.17) is 4.74 Å². The van der Waals surface area contributed by atoms with Gasteiger partial charge >= 0.3 is 0 Å². The van der Waals surface area contributed by atoms with Crippen LogP contribution in [0.25, 0.3) is 0 Å². The first-order valence-electron chi connectivity index (χ1n) is 8.13. The molecule has 1 aromatic heterocycles. The van der Waals surface area contributed by atoms with Crippen LogP contribution in [-0.4, -0.2) is 55.7 Å². The quantitative estimate of drug-likeness (QED) is 0.842. The van der Waals surface area contributed by atoms with Crippen molar-refractivity contribution < 1.29 is 13.2 Å². The number of hydrogen-bond donors (Lipinski definition) is 1.